The number of hydrogen-bond donors (Lipinski definition) is 3. The molecule has 3 aromatic heterocycles. The third-order valence-corrected chi connectivity index (χ3v) is 11.2. The molecule has 0 saturated carbocycles. The van der Waals surface area contributed by atoms with E-state index in [2.05, 4.69) is 182 Å². The van der Waals surface area contributed by atoms with Crippen LogP contribution >= 0.6 is 0 Å². The fraction of sp³-hybridized carbons (Fsp3) is 0.0612. The number of rotatable bonds is 6. The summed E-state index contributed by atoms with van der Waals surface area (Å²) in [5, 5.41) is 15.6. The highest BCUT2D eigenvalue weighted by Crippen LogP contribution is 2.38. The van der Waals surface area contributed by atoms with Gasteiger partial charge in [0, 0.05) is 57.4 Å². The van der Waals surface area contributed by atoms with Crippen LogP contribution in [0.4, 0.5) is 0 Å². The van der Waals surface area contributed by atoms with Crippen molar-refractivity contribution in [2.24, 2.45) is 4.99 Å². The lowest BCUT2D eigenvalue weighted by Crippen LogP contribution is -2.52. The fourth-order valence-electron chi connectivity index (χ4n) is 8.48. The maximum Gasteiger partial charge on any atom is 0.131 e. The molecule has 9 aromatic rings. The zero-order valence-corrected chi connectivity index (χ0v) is 30.5. The second-order valence-electron chi connectivity index (χ2n) is 14.4. The second-order valence-corrected chi connectivity index (χ2v) is 14.4. The van der Waals surface area contributed by atoms with E-state index in [1.807, 2.05) is 30.7 Å². The molecule has 0 aliphatic carbocycles. The van der Waals surface area contributed by atoms with Crippen molar-refractivity contribution in [2.45, 2.75) is 12.3 Å². The summed E-state index contributed by atoms with van der Waals surface area (Å²) in [6.07, 6.45) is 9.66. The van der Waals surface area contributed by atoms with Gasteiger partial charge in [0.05, 0.1) is 22.1 Å². The maximum atomic E-state index is 5.14. The van der Waals surface area contributed by atoms with Crippen LogP contribution in [0.1, 0.15) is 17.3 Å². The first-order valence-electron chi connectivity index (χ1n) is 19.1. The first-order chi connectivity index (χ1) is 27.8. The molecule has 0 fully saturated rings. The van der Waals surface area contributed by atoms with Gasteiger partial charge in [-0.25, -0.2) is 4.99 Å². The number of dihydropyridines is 1. The van der Waals surface area contributed by atoms with Gasteiger partial charge in [0.1, 0.15) is 18.2 Å². The van der Waals surface area contributed by atoms with Crippen molar-refractivity contribution in [1.82, 2.24) is 30.1 Å². The van der Waals surface area contributed by atoms with Crippen LogP contribution in [0.3, 0.4) is 0 Å². The lowest BCUT2D eigenvalue weighted by atomic mass is 10.0. The van der Waals surface area contributed by atoms with Crippen LogP contribution in [-0.2, 0) is 0 Å². The molecule has 6 aromatic carbocycles. The van der Waals surface area contributed by atoms with Crippen molar-refractivity contribution >= 4 is 49.4 Å². The van der Waals surface area contributed by atoms with Crippen LogP contribution in [0, 0.1) is 0 Å². The Balaban J connectivity index is 0.979. The van der Waals surface area contributed by atoms with Gasteiger partial charge >= 0.3 is 0 Å². The van der Waals surface area contributed by atoms with Gasteiger partial charge in [-0.15, -0.1) is 0 Å². The van der Waals surface area contributed by atoms with Crippen LogP contribution in [-0.4, -0.2) is 32.7 Å². The van der Waals surface area contributed by atoms with E-state index in [1.54, 1.807) is 0 Å². The third-order valence-electron chi connectivity index (χ3n) is 11.2. The van der Waals surface area contributed by atoms with Crippen molar-refractivity contribution < 1.29 is 0 Å². The van der Waals surface area contributed by atoms with E-state index < -0.39 is 0 Å². The summed E-state index contributed by atoms with van der Waals surface area (Å²) >= 11 is 0. The summed E-state index contributed by atoms with van der Waals surface area (Å²) in [7, 11) is 0. The van der Waals surface area contributed by atoms with Gasteiger partial charge in [-0.3, -0.25) is 10.3 Å². The van der Waals surface area contributed by atoms with Crippen molar-refractivity contribution in [3.05, 3.63) is 199 Å². The largest absolute Gasteiger partial charge is 0.387 e. The van der Waals surface area contributed by atoms with Crippen molar-refractivity contribution in [2.75, 3.05) is 6.54 Å². The predicted octanol–water partition coefficient (Wildman–Crippen LogP) is 9.95. The average molecular weight is 724 g/mol. The number of hydrogen-bond acceptors (Lipinski definition) is 5. The molecule has 3 N–H and O–H groups in total. The number of nitrogens with zero attached hydrogens (tertiary/aromatic N) is 4. The first-order valence-corrected chi connectivity index (χ1v) is 19.1. The second kappa shape index (κ2) is 13.3. The van der Waals surface area contributed by atoms with E-state index in [1.165, 1.54) is 66.0 Å². The van der Waals surface area contributed by atoms with Crippen molar-refractivity contribution in [3.8, 4) is 22.5 Å². The zero-order chi connectivity index (χ0) is 37.0. The van der Waals surface area contributed by atoms with Gasteiger partial charge in [0.15, 0.2) is 0 Å². The lowest BCUT2D eigenvalue weighted by Gasteiger charge is -2.33. The minimum absolute atomic E-state index is 0.0894. The van der Waals surface area contributed by atoms with Gasteiger partial charge in [0.2, 0.25) is 0 Å². The molecule has 0 saturated heterocycles. The zero-order valence-electron chi connectivity index (χ0n) is 30.5. The summed E-state index contributed by atoms with van der Waals surface area (Å²) in [5.41, 5.74) is 12.7. The molecule has 0 spiro atoms. The normalized spacial score (nSPS) is 16.9. The summed E-state index contributed by atoms with van der Waals surface area (Å²) < 4.78 is 4.74. The highest BCUT2D eigenvalue weighted by Gasteiger charge is 2.26. The van der Waals surface area contributed by atoms with Gasteiger partial charge in [0.25, 0.3) is 0 Å². The van der Waals surface area contributed by atoms with E-state index >= 15 is 0 Å². The SMILES string of the molecule is C1=CC(C2NC(c3ccc(-n4c5ccccc5c5cc(-c6ccc7c(c6)c6ccccc6n7-c6ccccc6)ccc54)cc3)=NC(c3ccncc3)N2)=CCN1. The van der Waals surface area contributed by atoms with Gasteiger partial charge in [-0.1, -0.05) is 72.8 Å². The molecule has 0 amide bonds. The highest BCUT2D eigenvalue weighted by atomic mass is 15.3. The predicted molar refractivity (Wildman–Crippen MR) is 229 cm³/mol. The molecule has 2 aliphatic heterocycles. The van der Waals surface area contributed by atoms with Gasteiger partial charge in [-0.05, 0) is 119 Å². The molecule has 2 aliphatic rings. The van der Waals surface area contributed by atoms with E-state index in [4.69, 9.17) is 4.99 Å². The number of aromatic nitrogens is 3. The molecular weight excluding hydrogens is 687 g/mol. The minimum atomic E-state index is -0.210. The number of nitrogens with one attached hydrogen (secondary N) is 3. The van der Waals surface area contributed by atoms with Gasteiger partial charge in [-0.2, -0.15) is 0 Å². The Hall–Kier alpha value is -7.22. The molecule has 268 valence electrons. The highest BCUT2D eigenvalue weighted by molar-refractivity contribution is 6.12. The molecule has 7 heteroatoms. The molecular formula is C49H37N7. The number of aliphatic imine (C=N–C) groups is 1. The van der Waals surface area contributed by atoms with E-state index in [9.17, 15) is 0 Å². The lowest BCUT2D eigenvalue weighted by molar-refractivity contribution is 0.440. The summed E-state index contributed by atoms with van der Waals surface area (Å²) in [6.45, 7) is 0.794. The molecule has 11 rings (SSSR count). The Morgan fingerprint density at radius 1 is 0.536 bits per heavy atom. The van der Waals surface area contributed by atoms with E-state index in [0.717, 1.165) is 29.2 Å². The van der Waals surface area contributed by atoms with Crippen LogP contribution in [0.15, 0.2) is 193 Å². The number of benzene rings is 6. The summed E-state index contributed by atoms with van der Waals surface area (Å²) in [5.74, 6) is 0.852. The molecule has 0 bridgehead atoms. The average Bonchev–Trinajstić information content (AvgIpc) is 3.79. The monoisotopic (exact) mass is 723 g/mol. The molecule has 2 unspecified atom stereocenters. The number of para-hydroxylation sites is 3. The molecule has 56 heavy (non-hydrogen) atoms. The van der Waals surface area contributed by atoms with Crippen LogP contribution in [0.5, 0.6) is 0 Å². The number of amidine groups is 1. The Kier molecular flexibility index (Phi) is 7.64. The molecule has 5 heterocycles. The summed E-state index contributed by atoms with van der Waals surface area (Å²) in [6, 6.07) is 54.6. The Morgan fingerprint density at radius 2 is 1.11 bits per heavy atom. The third kappa shape index (κ3) is 5.40. The molecule has 7 nitrogen and oxygen atoms in total. The standard InChI is InChI=1S/C49H37N7/c1-2-8-37(9-3-1)55-43-12-6-4-10-39(43)41-30-35(16-20-45(41)55)36-17-21-46-42(31-36)40-11-5-7-13-44(40)56(46)38-18-14-32(15-19-38)47-52-48(33-22-26-50-27-23-33)54-49(53-47)34-24-28-51-29-25-34/h1-28,30-31,48-49,51,54H,29H2,(H,52,53). The van der Waals surface area contributed by atoms with E-state index in [-0.39, 0.29) is 12.3 Å². The Bertz CT molecular complexity index is 3030. The smallest absolute Gasteiger partial charge is 0.131 e. The molecule has 2 atom stereocenters. The maximum absolute atomic E-state index is 5.14. The minimum Gasteiger partial charge on any atom is -0.387 e. The van der Waals surface area contributed by atoms with Crippen LogP contribution in [0.25, 0.3) is 66.1 Å². The summed E-state index contributed by atoms with van der Waals surface area (Å²) in [4.78, 5) is 9.37. The van der Waals surface area contributed by atoms with Crippen LogP contribution in [0.2, 0.25) is 0 Å². The fourth-order valence-corrected chi connectivity index (χ4v) is 8.48. The van der Waals surface area contributed by atoms with Gasteiger partial charge < -0.3 is 19.8 Å². The topological polar surface area (TPSA) is 71.2 Å². The number of pyridine rings is 1. The van der Waals surface area contributed by atoms with E-state index in [0.29, 0.717) is 0 Å². The number of fused-ring (bicyclic) bond motifs is 6. The van der Waals surface area contributed by atoms with Crippen molar-refractivity contribution in [1.29, 1.82) is 0 Å². The Labute approximate surface area is 324 Å². The first kappa shape index (κ1) is 32.2. The van der Waals surface area contributed by atoms with Crippen molar-refractivity contribution in [3.63, 3.8) is 0 Å². The quantitative estimate of drug-likeness (QED) is 0.160. The Morgan fingerprint density at radius 3 is 1.73 bits per heavy atom. The van der Waals surface area contributed by atoms with Crippen LogP contribution < -0.4 is 16.0 Å². The molecule has 0 radical (unpaired) electrons.